The summed E-state index contributed by atoms with van der Waals surface area (Å²) in [6, 6.07) is 4.03. The average Bonchev–Trinajstić information content (AvgIpc) is 2.90. The molecule has 2 unspecified atom stereocenters. The van der Waals surface area contributed by atoms with Crippen LogP contribution in [0.4, 0.5) is 0 Å². The number of rotatable bonds is 5. The minimum Gasteiger partial charge on any atom is -0.366 e. The lowest BCUT2D eigenvalue weighted by atomic mass is 10.1. The maximum Gasteiger partial charge on any atom is 0.101 e. The van der Waals surface area contributed by atoms with Crippen molar-refractivity contribution in [3.8, 4) is 0 Å². The standard InChI is InChI=1S/C12H17N3OS/c1-9(13)12(10-6-14-15(2)7-10)16-8-11-4-3-5-17-11/h3-7,9,12H,8,13H2,1-2H3. The van der Waals surface area contributed by atoms with Crippen LogP contribution >= 0.6 is 11.3 Å². The number of ether oxygens (including phenoxy) is 1. The summed E-state index contributed by atoms with van der Waals surface area (Å²) in [7, 11) is 1.89. The Bertz CT molecular complexity index is 450. The molecule has 0 aromatic carbocycles. The molecule has 0 saturated carbocycles. The number of hydrogen-bond acceptors (Lipinski definition) is 4. The summed E-state index contributed by atoms with van der Waals surface area (Å²) in [6.07, 6.45) is 3.65. The van der Waals surface area contributed by atoms with Crippen LogP contribution in [0.25, 0.3) is 0 Å². The van der Waals surface area contributed by atoms with Crippen molar-refractivity contribution >= 4 is 11.3 Å². The summed E-state index contributed by atoms with van der Waals surface area (Å²) in [5, 5.41) is 6.19. The summed E-state index contributed by atoms with van der Waals surface area (Å²) in [4.78, 5) is 1.21. The molecule has 2 aromatic rings. The van der Waals surface area contributed by atoms with Crippen LogP contribution in [0.15, 0.2) is 29.9 Å². The van der Waals surface area contributed by atoms with E-state index < -0.39 is 0 Å². The molecule has 0 aliphatic rings. The smallest absolute Gasteiger partial charge is 0.101 e. The molecule has 0 saturated heterocycles. The van der Waals surface area contributed by atoms with Crippen molar-refractivity contribution in [3.05, 3.63) is 40.3 Å². The van der Waals surface area contributed by atoms with Crippen LogP contribution < -0.4 is 5.73 Å². The Hall–Kier alpha value is -1.17. The summed E-state index contributed by atoms with van der Waals surface area (Å²) >= 11 is 1.69. The first kappa shape index (κ1) is 12.3. The van der Waals surface area contributed by atoms with Gasteiger partial charge >= 0.3 is 0 Å². The molecule has 2 heterocycles. The summed E-state index contributed by atoms with van der Waals surface area (Å²) in [5.74, 6) is 0. The van der Waals surface area contributed by atoms with E-state index in [-0.39, 0.29) is 12.1 Å². The number of aromatic nitrogens is 2. The van der Waals surface area contributed by atoms with E-state index in [1.54, 1.807) is 16.0 Å². The fourth-order valence-electron chi connectivity index (χ4n) is 1.71. The van der Waals surface area contributed by atoms with Gasteiger partial charge in [0.25, 0.3) is 0 Å². The van der Waals surface area contributed by atoms with E-state index >= 15 is 0 Å². The largest absolute Gasteiger partial charge is 0.366 e. The third kappa shape index (κ3) is 3.15. The lowest BCUT2D eigenvalue weighted by Crippen LogP contribution is -2.26. The molecule has 0 aliphatic carbocycles. The highest BCUT2D eigenvalue weighted by molar-refractivity contribution is 7.09. The van der Waals surface area contributed by atoms with Crippen molar-refractivity contribution in [2.24, 2.45) is 12.8 Å². The fraction of sp³-hybridized carbons (Fsp3) is 0.417. The van der Waals surface area contributed by atoms with Crippen LogP contribution in [0.1, 0.15) is 23.5 Å². The molecule has 0 fully saturated rings. The number of nitrogens with two attached hydrogens (primary N) is 1. The Labute approximate surface area is 105 Å². The second kappa shape index (κ2) is 5.44. The van der Waals surface area contributed by atoms with Crippen LogP contribution in [-0.4, -0.2) is 15.8 Å². The second-order valence-electron chi connectivity index (χ2n) is 4.12. The van der Waals surface area contributed by atoms with Crippen LogP contribution in [0, 0.1) is 0 Å². The minimum absolute atomic E-state index is 0.0563. The Morgan fingerprint density at radius 1 is 1.59 bits per heavy atom. The molecule has 0 radical (unpaired) electrons. The normalized spacial score (nSPS) is 14.8. The molecule has 17 heavy (non-hydrogen) atoms. The SMILES string of the molecule is CC(N)C(OCc1cccs1)c1cnn(C)c1. The molecule has 92 valence electrons. The Morgan fingerprint density at radius 2 is 2.41 bits per heavy atom. The molecular weight excluding hydrogens is 234 g/mol. The van der Waals surface area contributed by atoms with Gasteiger partial charge in [0.15, 0.2) is 0 Å². The summed E-state index contributed by atoms with van der Waals surface area (Å²) in [6.45, 7) is 2.55. The van der Waals surface area contributed by atoms with Crippen molar-refractivity contribution < 1.29 is 4.74 Å². The van der Waals surface area contributed by atoms with Crippen molar-refractivity contribution in [1.29, 1.82) is 0 Å². The maximum atomic E-state index is 5.96. The van der Waals surface area contributed by atoms with Gasteiger partial charge in [0.05, 0.1) is 12.8 Å². The number of thiophene rings is 1. The van der Waals surface area contributed by atoms with Crippen molar-refractivity contribution in [2.45, 2.75) is 25.7 Å². The summed E-state index contributed by atoms with van der Waals surface area (Å²) in [5.41, 5.74) is 6.99. The van der Waals surface area contributed by atoms with Gasteiger partial charge < -0.3 is 10.5 Å². The molecule has 0 spiro atoms. The third-order valence-electron chi connectivity index (χ3n) is 2.52. The van der Waals surface area contributed by atoms with Gasteiger partial charge in [0, 0.05) is 29.7 Å². The lowest BCUT2D eigenvalue weighted by molar-refractivity contribution is 0.0273. The third-order valence-corrected chi connectivity index (χ3v) is 3.37. The average molecular weight is 251 g/mol. The monoisotopic (exact) mass is 251 g/mol. The Kier molecular flexibility index (Phi) is 3.93. The van der Waals surface area contributed by atoms with E-state index in [0.29, 0.717) is 6.61 Å². The van der Waals surface area contributed by atoms with Crippen LogP contribution in [0.5, 0.6) is 0 Å². The van der Waals surface area contributed by atoms with Gasteiger partial charge in [0.2, 0.25) is 0 Å². The number of nitrogens with zero attached hydrogens (tertiary/aromatic N) is 2. The van der Waals surface area contributed by atoms with E-state index in [9.17, 15) is 0 Å². The molecule has 0 amide bonds. The van der Waals surface area contributed by atoms with Crippen LogP contribution in [0.2, 0.25) is 0 Å². The second-order valence-corrected chi connectivity index (χ2v) is 5.15. The van der Waals surface area contributed by atoms with E-state index in [1.165, 1.54) is 4.88 Å². The summed E-state index contributed by atoms with van der Waals surface area (Å²) < 4.78 is 7.64. The van der Waals surface area contributed by atoms with Crippen molar-refractivity contribution in [2.75, 3.05) is 0 Å². The molecule has 2 aromatic heterocycles. The first-order valence-corrected chi connectivity index (χ1v) is 6.43. The molecule has 4 nitrogen and oxygen atoms in total. The molecule has 2 rings (SSSR count). The number of hydrogen-bond donors (Lipinski definition) is 1. The zero-order valence-corrected chi connectivity index (χ0v) is 10.9. The highest BCUT2D eigenvalue weighted by Crippen LogP contribution is 2.22. The molecular formula is C12H17N3OS. The predicted molar refractivity (Wildman–Crippen MR) is 68.7 cm³/mol. The minimum atomic E-state index is -0.106. The lowest BCUT2D eigenvalue weighted by Gasteiger charge is -2.19. The van der Waals surface area contributed by atoms with Gasteiger partial charge in [-0.05, 0) is 18.4 Å². The van der Waals surface area contributed by atoms with E-state index in [2.05, 4.69) is 11.2 Å². The maximum absolute atomic E-state index is 5.96. The van der Waals surface area contributed by atoms with Gasteiger partial charge in [-0.2, -0.15) is 5.10 Å². The van der Waals surface area contributed by atoms with Gasteiger partial charge in [-0.1, -0.05) is 6.07 Å². The fourth-order valence-corrected chi connectivity index (χ4v) is 2.33. The number of aryl methyl sites for hydroxylation is 1. The molecule has 2 N–H and O–H groups in total. The van der Waals surface area contributed by atoms with E-state index in [4.69, 9.17) is 10.5 Å². The highest BCUT2D eigenvalue weighted by atomic mass is 32.1. The first-order chi connectivity index (χ1) is 8.16. The Balaban J connectivity index is 2.03. The van der Waals surface area contributed by atoms with Gasteiger partial charge in [-0.25, -0.2) is 0 Å². The van der Waals surface area contributed by atoms with Gasteiger partial charge in [-0.15, -0.1) is 11.3 Å². The van der Waals surface area contributed by atoms with Crippen LogP contribution in [-0.2, 0) is 18.4 Å². The zero-order chi connectivity index (χ0) is 12.3. The van der Waals surface area contributed by atoms with Gasteiger partial charge in [-0.3, -0.25) is 4.68 Å². The topological polar surface area (TPSA) is 53.1 Å². The highest BCUT2D eigenvalue weighted by Gasteiger charge is 2.18. The van der Waals surface area contributed by atoms with E-state index in [1.807, 2.05) is 37.8 Å². The molecule has 2 atom stereocenters. The van der Waals surface area contributed by atoms with E-state index in [0.717, 1.165) is 5.56 Å². The Morgan fingerprint density at radius 3 is 2.94 bits per heavy atom. The van der Waals surface area contributed by atoms with Gasteiger partial charge in [0.1, 0.15) is 6.10 Å². The predicted octanol–water partition coefficient (Wildman–Crippen LogP) is 2.09. The zero-order valence-electron chi connectivity index (χ0n) is 10.0. The first-order valence-electron chi connectivity index (χ1n) is 5.55. The molecule has 0 aliphatic heterocycles. The van der Waals surface area contributed by atoms with Crippen molar-refractivity contribution in [1.82, 2.24) is 9.78 Å². The molecule has 5 heteroatoms. The quantitative estimate of drug-likeness (QED) is 0.885. The molecule has 0 bridgehead atoms. The van der Waals surface area contributed by atoms with Crippen LogP contribution in [0.3, 0.4) is 0 Å². The van der Waals surface area contributed by atoms with Crippen molar-refractivity contribution in [3.63, 3.8) is 0 Å².